The van der Waals surface area contributed by atoms with E-state index in [0.717, 1.165) is 25.9 Å². The van der Waals surface area contributed by atoms with Crippen LogP contribution in [-0.4, -0.2) is 36.5 Å². The molecule has 0 saturated carbocycles. The van der Waals surface area contributed by atoms with Gasteiger partial charge in [-0.3, -0.25) is 0 Å². The Kier molecular flexibility index (Phi) is 2.11. The number of aliphatic hydroxyl groups is 1. The average molecular weight is 157 g/mol. The molecule has 11 heavy (non-hydrogen) atoms. The molecule has 0 amide bonds. The summed E-state index contributed by atoms with van der Waals surface area (Å²) < 4.78 is 5.51. The summed E-state index contributed by atoms with van der Waals surface area (Å²) in [6, 6.07) is 1.07. The lowest BCUT2D eigenvalue weighted by molar-refractivity contribution is 0.108. The number of ether oxygens (including phenoxy) is 1. The lowest BCUT2D eigenvalue weighted by Crippen LogP contribution is -2.30. The first-order valence-corrected chi connectivity index (χ1v) is 4.38. The second-order valence-corrected chi connectivity index (χ2v) is 3.42. The van der Waals surface area contributed by atoms with Crippen LogP contribution in [0.5, 0.6) is 0 Å². The van der Waals surface area contributed by atoms with Crippen LogP contribution in [0.25, 0.3) is 0 Å². The summed E-state index contributed by atoms with van der Waals surface area (Å²) in [6.45, 7) is 1.20. The minimum atomic E-state index is 0.289. The molecule has 3 heteroatoms. The summed E-state index contributed by atoms with van der Waals surface area (Å²) in [5, 5.41) is 12.2. The maximum atomic E-state index is 8.71. The molecule has 0 aromatic heterocycles. The number of nitrogens with one attached hydrogen (secondary N) is 1. The highest BCUT2D eigenvalue weighted by Gasteiger charge is 2.37. The van der Waals surface area contributed by atoms with Crippen LogP contribution in [-0.2, 0) is 4.74 Å². The number of hydrogen-bond donors (Lipinski definition) is 2. The second kappa shape index (κ2) is 3.09. The molecule has 2 aliphatic rings. The normalized spacial score (nSPS) is 42.8. The van der Waals surface area contributed by atoms with Crippen LogP contribution < -0.4 is 5.32 Å². The Morgan fingerprint density at radius 2 is 2.45 bits per heavy atom. The van der Waals surface area contributed by atoms with Crippen molar-refractivity contribution in [2.75, 3.05) is 13.2 Å². The molecule has 0 radical (unpaired) electrons. The zero-order valence-corrected chi connectivity index (χ0v) is 6.62. The molecule has 2 aliphatic heterocycles. The number of hydrogen-bond acceptors (Lipinski definition) is 3. The molecule has 0 aliphatic carbocycles. The third-order valence-electron chi connectivity index (χ3n) is 2.65. The first-order chi connectivity index (χ1) is 5.40. The summed E-state index contributed by atoms with van der Waals surface area (Å²) in [6.07, 6.45) is 3.54. The predicted octanol–water partition coefficient (Wildman–Crippen LogP) is -0.112. The quantitative estimate of drug-likeness (QED) is 0.587. The van der Waals surface area contributed by atoms with E-state index in [1.807, 2.05) is 0 Å². The van der Waals surface area contributed by atoms with Crippen molar-refractivity contribution >= 4 is 0 Å². The van der Waals surface area contributed by atoms with E-state index in [1.54, 1.807) is 0 Å². The summed E-state index contributed by atoms with van der Waals surface area (Å²) in [7, 11) is 0. The van der Waals surface area contributed by atoms with E-state index in [9.17, 15) is 0 Å². The van der Waals surface area contributed by atoms with Gasteiger partial charge >= 0.3 is 0 Å². The fourth-order valence-electron chi connectivity index (χ4n) is 2.08. The zero-order valence-electron chi connectivity index (χ0n) is 6.62. The third kappa shape index (κ3) is 1.41. The van der Waals surface area contributed by atoms with Gasteiger partial charge in [-0.25, -0.2) is 0 Å². The topological polar surface area (TPSA) is 41.5 Å². The van der Waals surface area contributed by atoms with Gasteiger partial charge in [-0.1, -0.05) is 0 Å². The van der Waals surface area contributed by atoms with Crippen molar-refractivity contribution in [1.82, 2.24) is 5.32 Å². The zero-order chi connectivity index (χ0) is 7.68. The van der Waals surface area contributed by atoms with E-state index < -0.39 is 0 Å². The second-order valence-electron chi connectivity index (χ2n) is 3.42. The fraction of sp³-hybridized carbons (Fsp3) is 1.00. The standard InChI is InChI=1S/C8H15NO2/c10-3-1-6-5-8-7(9-6)2-4-11-8/h6-10H,1-5H2/t6?,7-,8-/m0/s1. The fourth-order valence-corrected chi connectivity index (χ4v) is 2.08. The summed E-state index contributed by atoms with van der Waals surface area (Å²) >= 11 is 0. The van der Waals surface area contributed by atoms with Crippen LogP contribution in [0.4, 0.5) is 0 Å². The van der Waals surface area contributed by atoms with Crippen molar-refractivity contribution in [2.45, 2.75) is 37.5 Å². The molecule has 2 heterocycles. The van der Waals surface area contributed by atoms with Gasteiger partial charge in [-0.05, 0) is 19.3 Å². The van der Waals surface area contributed by atoms with Crippen molar-refractivity contribution in [3.63, 3.8) is 0 Å². The molecule has 64 valence electrons. The maximum Gasteiger partial charge on any atom is 0.0743 e. The van der Waals surface area contributed by atoms with Crippen molar-refractivity contribution in [3.8, 4) is 0 Å². The Hall–Kier alpha value is -0.120. The van der Waals surface area contributed by atoms with Crippen LogP contribution in [0.3, 0.4) is 0 Å². The molecule has 0 aromatic rings. The molecule has 3 nitrogen and oxygen atoms in total. The van der Waals surface area contributed by atoms with Gasteiger partial charge in [-0.15, -0.1) is 0 Å². The highest BCUT2D eigenvalue weighted by molar-refractivity contribution is 4.94. The maximum absolute atomic E-state index is 8.71. The molecule has 1 unspecified atom stereocenters. The molecule has 2 fully saturated rings. The molecule has 0 bridgehead atoms. The van der Waals surface area contributed by atoms with Gasteiger partial charge in [-0.2, -0.15) is 0 Å². The molecule has 2 N–H and O–H groups in total. The van der Waals surface area contributed by atoms with Crippen LogP contribution in [0.1, 0.15) is 19.3 Å². The lowest BCUT2D eigenvalue weighted by atomic mass is 10.1. The average Bonchev–Trinajstić information content (AvgIpc) is 2.46. The lowest BCUT2D eigenvalue weighted by Gasteiger charge is -2.09. The Balaban J connectivity index is 1.84. The van der Waals surface area contributed by atoms with Gasteiger partial charge in [0, 0.05) is 25.3 Å². The van der Waals surface area contributed by atoms with Gasteiger partial charge in [0.15, 0.2) is 0 Å². The Morgan fingerprint density at radius 3 is 3.18 bits per heavy atom. The largest absolute Gasteiger partial charge is 0.396 e. The molecule has 2 saturated heterocycles. The Labute approximate surface area is 66.7 Å². The number of rotatable bonds is 2. The predicted molar refractivity (Wildman–Crippen MR) is 41.4 cm³/mol. The molecular weight excluding hydrogens is 142 g/mol. The van der Waals surface area contributed by atoms with Gasteiger partial charge in [0.1, 0.15) is 0 Å². The molecule has 0 aromatic carbocycles. The monoisotopic (exact) mass is 157 g/mol. The first kappa shape index (κ1) is 7.53. The van der Waals surface area contributed by atoms with Crippen molar-refractivity contribution in [2.24, 2.45) is 0 Å². The Bertz CT molecular complexity index is 128. The van der Waals surface area contributed by atoms with Crippen LogP contribution in [0.2, 0.25) is 0 Å². The van der Waals surface area contributed by atoms with Crippen molar-refractivity contribution < 1.29 is 9.84 Å². The van der Waals surface area contributed by atoms with E-state index in [0.29, 0.717) is 18.2 Å². The highest BCUT2D eigenvalue weighted by atomic mass is 16.5. The number of aliphatic hydroxyl groups excluding tert-OH is 1. The highest BCUT2D eigenvalue weighted by Crippen LogP contribution is 2.25. The van der Waals surface area contributed by atoms with E-state index in [4.69, 9.17) is 9.84 Å². The molecular formula is C8H15NO2. The molecule has 3 atom stereocenters. The van der Waals surface area contributed by atoms with E-state index in [-0.39, 0.29) is 6.61 Å². The SMILES string of the molecule is OCCC1C[C@@H]2OCC[C@@H]2N1. The van der Waals surface area contributed by atoms with Crippen molar-refractivity contribution in [1.29, 1.82) is 0 Å². The molecule has 2 rings (SSSR count). The smallest absolute Gasteiger partial charge is 0.0743 e. The Morgan fingerprint density at radius 1 is 1.55 bits per heavy atom. The van der Waals surface area contributed by atoms with Crippen LogP contribution in [0, 0.1) is 0 Å². The van der Waals surface area contributed by atoms with Gasteiger partial charge < -0.3 is 15.2 Å². The van der Waals surface area contributed by atoms with Gasteiger partial charge in [0.2, 0.25) is 0 Å². The molecule has 0 spiro atoms. The van der Waals surface area contributed by atoms with E-state index in [2.05, 4.69) is 5.32 Å². The van der Waals surface area contributed by atoms with E-state index in [1.165, 1.54) is 0 Å². The summed E-state index contributed by atoms with van der Waals surface area (Å²) in [5.41, 5.74) is 0. The first-order valence-electron chi connectivity index (χ1n) is 4.38. The summed E-state index contributed by atoms with van der Waals surface area (Å²) in [4.78, 5) is 0. The van der Waals surface area contributed by atoms with Crippen LogP contribution in [0.15, 0.2) is 0 Å². The number of fused-ring (bicyclic) bond motifs is 1. The summed E-state index contributed by atoms with van der Waals surface area (Å²) in [5.74, 6) is 0. The van der Waals surface area contributed by atoms with Crippen molar-refractivity contribution in [3.05, 3.63) is 0 Å². The third-order valence-corrected chi connectivity index (χ3v) is 2.65. The van der Waals surface area contributed by atoms with E-state index >= 15 is 0 Å². The van der Waals surface area contributed by atoms with Gasteiger partial charge in [0.05, 0.1) is 6.10 Å². The minimum Gasteiger partial charge on any atom is -0.396 e. The minimum absolute atomic E-state index is 0.289. The van der Waals surface area contributed by atoms with Crippen LogP contribution >= 0.6 is 0 Å². The van der Waals surface area contributed by atoms with Gasteiger partial charge in [0.25, 0.3) is 0 Å².